The summed E-state index contributed by atoms with van der Waals surface area (Å²) in [5, 5.41) is 12.3. The Bertz CT molecular complexity index is 718. The Morgan fingerprint density at radius 3 is 2.39 bits per heavy atom. The molecule has 31 heavy (non-hydrogen) atoms. The highest BCUT2D eigenvalue weighted by molar-refractivity contribution is 14.0. The molecule has 1 aliphatic heterocycles. The van der Waals surface area contributed by atoms with Crippen LogP contribution in [-0.2, 0) is 11.3 Å². The van der Waals surface area contributed by atoms with Crippen molar-refractivity contribution in [2.75, 3.05) is 32.1 Å². The number of likely N-dealkylation sites (tertiary alicyclic amines) is 1. The molecule has 0 saturated carbocycles. The van der Waals surface area contributed by atoms with E-state index in [-0.39, 0.29) is 48.2 Å². The number of hydrogen-bond acceptors (Lipinski definition) is 4. The van der Waals surface area contributed by atoms with Crippen LogP contribution >= 0.6 is 24.0 Å². The van der Waals surface area contributed by atoms with Crippen LogP contribution in [-0.4, -0.2) is 61.8 Å². The first-order chi connectivity index (χ1) is 14.4. The third kappa shape index (κ3) is 9.62. The van der Waals surface area contributed by atoms with Crippen molar-refractivity contribution in [3.8, 4) is 0 Å². The van der Waals surface area contributed by atoms with Gasteiger partial charge in [-0.25, -0.2) is 9.59 Å². The molecular weight excluding hydrogens is 511 g/mol. The summed E-state index contributed by atoms with van der Waals surface area (Å²) in [5.41, 5.74) is 1.82. The van der Waals surface area contributed by atoms with Crippen molar-refractivity contribution in [3.63, 3.8) is 0 Å². The van der Waals surface area contributed by atoms with Crippen molar-refractivity contribution >= 4 is 47.7 Å². The number of urea groups is 1. The summed E-state index contributed by atoms with van der Waals surface area (Å²) in [6.45, 7) is 8.00. The molecule has 174 valence electrons. The fraction of sp³-hybridized carbons (Fsp3) is 0.571. The van der Waals surface area contributed by atoms with Crippen LogP contribution in [0, 0.1) is 0 Å². The molecular formula is C21H35IN6O3. The summed E-state index contributed by atoms with van der Waals surface area (Å²) < 4.78 is 5.06. The lowest BCUT2D eigenvalue weighted by Gasteiger charge is -2.32. The van der Waals surface area contributed by atoms with Gasteiger partial charge in [0.15, 0.2) is 5.96 Å². The van der Waals surface area contributed by atoms with Gasteiger partial charge in [-0.2, -0.15) is 0 Å². The van der Waals surface area contributed by atoms with E-state index in [0.717, 1.165) is 30.1 Å². The average Bonchev–Trinajstić information content (AvgIpc) is 2.72. The van der Waals surface area contributed by atoms with E-state index in [1.807, 2.05) is 45.0 Å². The molecule has 0 atom stereocenters. The molecule has 3 amide bonds. The van der Waals surface area contributed by atoms with Crippen LogP contribution < -0.4 is 21.3 Å². The molecule has 10 heteroatoms. The van der Waals surface area contributed by atoms with Gasteiger partial charge in [0.25, 0.3) is 0 Å². The molecule has 1 aromatic carbocycles. The van der Waals surface area contributed by atoms with Crippen molar-refractivity contribution in [2.24, 2.45) is 4.99 Å². The van der Waals surface area contributed by atoms with Gasteiger partial charge >= 0.3 is 12.1 Å². The Morgan fingerprint density at radius 2 is 1.84 bits per heavy atom. The number of piperidine rings is 1. The minimum Gasteiger partial charge on any atom is -0.450 e. The maximum atomic E-state index is 11.8. The second-order valence-corrected chi connectivity index (χ2v) is 7.48. The number of carbonyl (C=O) groups excluding carboxylic acids is 2. The lowest BCUT2D eigenvalue weighted by atomic mass is 10.1. The van der Waals surface area contributed by atoms with Crippen molar-refractivity contribution in [1.82, 2.24) is 20.9 Å². The molecule has 9 nitrogen and oxygen atoms in total. The highest BCUT2D eigenvalue weighted by Gasteiger charge is 2.24. The number of ether oxygens (including phenoxy) is 1. The second-order valence-electron chi connectivity index (χ2n) is 7.48. The topological polar surface area (TPSA) is 107 Å². The highest BCUT2D eigenvalue weighted by Crippen LogP contribution is 2.12. The highest BCUT2D eigenvalue weighted by atomic mass is 127. The summed E-state index contributed by atoms with van der Waals surface area (Å²) in [6, 6.07) is 7.80. The molecule has 1 aliphatic rings. The molecule has 1 aromatic rings. The van der Waals surface area contributed by atoms with E-state index in [2.05, 4.69) is 26.3 Å². The summed E-state index contributed by atoms with van der Waals surface area (Å²) in [7, 11) is 1.74. The van der Waals surface area contributed by atoms with E-state index in [4.69, 9.17) is 4.74 Å². The first-order valence-corrected chi connectivity index (χ1v) is 10.5. The summed E-state index contributed by atoms with van der Waals surface area (Å²) >= 11 is 0. The molecule has 0 aromatic heterocycles. The quantitative estimate of drug-likeness (QED) is 0.249. The van der Waals surface area contributed by atoms with Crippen molar-refractivity contribution in [2.45, 2.75) is 52.2 Å². The molecule has 2 rings (SSSR count). The Kier molecular flexibility index (Phi) is 12.1. The minimum atomic E-state index is -0.238. The number of rotatable bonds is 6. The summed E-state index contributed by atoms with van der Waals surface area (Å²) in [5.74, 6) is 0.725. The van der Waals surface area contributed by atoms with Gasteiger partial charge in [0.1, 0.15) is 0 Å². The second kappa shape index (κ2) is 13.9. The van der Waals surface area contributed by atoms with Crippen LogP contribution in [0.1, 0.15) is 39.2 Å². The number of guanidine groups is 1. The number of carbonyl (C=O) groups is 2. The van der Waals surface area contributed by atoms with Crippen molar-refractivity contribution in [3.05, 3.63) is 29.8 Å². The van der Waals surface area contributed by atoms with E-state index < -0.39 is 0 Å². The molecule has 0 spiro atoms. The number of nitrogens with zero attached hydrogens (tertiary/aromatic N) is 2. The van der Waals surface area contributed by atoms with Gasteiger partial charge in [0, 0.05) is 44.5 Å². The molecule has 1 saturated heterocycles. The van der Waals surface area contributed by atoms with Crippen LogP contribution in [0.15, 0.2) is 29.3 Å². The number of amides is 3. The number of nitrogens with one attached hydrogen (secondary N) is 4. The average molecular weight is 546 g/mol. The van der Waals surface area contributed by atoms with Crippen LogP contribution in [0.5, 0.6) is 0 Å². The van der Waals surface area contributed by atoms with Crippen LogP contribution in [0.25, 0.3) is 0 Å². The van der Waals surface area contributed by atoms with E-state index in [9.17, 15) is 9.59 Å². The van der Waals surface area contributed by atoms with Gasteiger partial charge in [0.2, 0.25) is 0 Å². The molecule has 0 radical (unpaired) electrons. The third-order valence-corrected chi connectivity index (χ3v) is 4.68. The number of aliphatic imine (C=N–C) groups is 1. The molecule has 1 heterocycles. The largest absolute Gasteiger partial charge is 0.450 e. The van der Waals surface area contributed by atoms with Gasteiger partial charge in [-0.3, -0.25) is 4.99 Å². The maximum absolute atomic E-state index is 11.8. The van der Waals surface area contributed by atoms with Crippen LogP contribution in [0.4, 0.5) is 15.3 Å². The zero-order valence-electron chi connectivity index (χ0n) is 18.7. The Morgan fingerprint density at radius 1 is 1.19 bits per heavy atom. The SMILES string of the molecule is CCOC(=O)N1CCC(NC(=NC)NCc2ccc(NC(=O)NC(C)C)cc2)CC1.I. The molecule has 0 bridgehead atoms. The van der Waals surface area contributed by atoms with Crippen LogP contribution in [0.2, 0.25) is 0 Å². The molecule has 4 N–H and O–H groups in total. The fourth-order valence-corrected chi connectivity index (χ4v) is 3.13. The first-order valence-electron chi connectivity index (χ1n) is 10.5. The summed E-state index contributed by atoms with van der Waals surface area (Å²) in [4.78, 5) is 29.6. The van der Waals surface area contributed by atoms with Gasteiger partial charge in [-0.15, -0.1) is 24.0 Å². The molecule has 0 unspecified atom stereocenters. The standard InChI is InChI=1S/C21H34N6O3.HI/c1-5-30-21(29)27-12-10-18(11-13-27)25-19(22-4)23-14-16-6-8-17(9-7-16)26-20(28)24-15(2)3;/h6-9,15,18H,5,10-14H2,1-4H3,(H2,22,23,25)(H2,24,26,28);1H. The maximum Gasteiger partial charge on any atom is 0.409 e. The number of halogens is 1. The van der Waals surface area contributed by atoms with E-state index >= 15 is 0 Å². The van der Waals surface area contributed by atoms with Gasteiger partial charge < -0.3 is 30.9 Å². The number of anilines is 1. The fourth-order valence-electron chi connectivity index (χ4n) is 3.13. The zero-order chi connectivity index (χ0) is 21.9. The smallest absolute Gasteiger partial charge is 0.409 e. The molecule has 0 aliphatic carbocycles. The minimum absolute atomic E-state index is 0. The Balaban J connectivity index is 0.00000480. The summed E-state index contributed by atoms with van der Waals surface area (Å²) in [6.07, 6.45) is 1.45. The Hall–Kier alpha value is -2.24. The number of hydrogen-bond donors (Lipinski definition) is 4. The Labute approximate surface area is 201 Å². The van der Waals surface area contributed by atoms with Crippen molar-refractivity contribution < 1.29 is 14.3 Å². The van der Waals surface area contributed by atoms with Gasteiger partial charge in [-0.05, 0) is 51.3 Å². The molecule has 1 fully saturated rings. The van der Waals surface area contributed by atoms with E-state index in [1.165, 1.54) is 0 Å². The van der Waals surface area contributed by atoms with Crippen LogP contribution in [0.3, 0.4) is 0 Å². The van der Waals surface area contributed by atoms with Crippen molar-refractivity contribution in [1.29, 1.82) is 0 Å². The third-order valence-electron chi connectivity index (χ3n) is 4.68. The normalized spacial score (nSPS) is 14.5. The van der Waals surface area contributed by atoms with E-state index in [0.29, 0.717) is 26.2 Å². The van der Waals surface area contributed by atoms with E-state index in [1.54, 1.807) is 11.9 Å². The predicted molar refractivity (Wildman–Crippen MR) is 134 cm³/mol. The van der Waals surface area contributed by atoms with Gasteiger partial charge in [-0.1, -0.05) is 12.1 Å². The van der Waals surface area contributed by atoms with Gasteiger partial charge in [0.05, 0.1) is 6.61 Å². The number of benzene rings is 1. The monoisotopic (exact) mass is 546 g/mol. The zero-order valence-corrected chi connectivity index (χ0v) is 21.1. The lowest BCUT2D eigenvalue weighted by Crippen LogP contribution is -2.49. The predicted octanol–water partition coefficient (Wildman–Crippen LogP) is 3.12. The lowest BCUT2D eigenvalue weighted by molar-refractivity contribution is 0.0963. The first kappa shape index (κ1) is 26.8.